The quantitative estimate of drug-likeness (QED) is 0.740. The number of carbonyl (C=O) groups is 1. The summed E-state index contributed by atoms with van der Waals surface area (Å²) in [5.74, 6) is 0.411. The highest BCUT2D eigenvalue weighted by molar-refractivity contribution is 5.72. The van der Waals surface area contributed by atoms with E-state index in [4.69, 9.17) is 10.5 Å². The minimum Gasteiger partial charge on any atom is -0.459 e. The number of hydrogen-bond acceptors (Lipinski definition) is 5. The summed E-state index contributed by atoms with van der Waals surface area (Å²) in [6, 6.07) is 0. The van der Waals surface area contributed by atoms with E-state index in [1.54, 1.807) is 0 Å². The van der Waals surface area contributed by atoms with Crippen molar-refractivity contribution in [1.29, 1.82) is 0 Å². The van der Waals surface area contributed by atoms with Crippen LogP contribution in [-0.4, -0.2) is 67.2 Å². The monoisotopic (exact) mass is 271 g/mol. The molecule has 0 radical (unpaired) electrons. The summed E-state index contributed by atoms with van der Waals surface area (Å²) in [6.07, 6.45) is 0. The number of carbonyl (C=O) groups excluding carboxylic acids is 1. The molecular weight excluding hydrogens is 242 g/mol. The van der Waals surface area contributed by atoms with Crippen molar-refractivity contribution in [3.63, 3.8) is 0 Å². The van der Waals surface area contributed by atoms with Crippen molar-refractivity contribution in [3.05, 3.63) is 0 Å². The fraction of sp³-hybridized carbons (Fsp3) is 0.929. The van der Waals surface area contributed by atoms with Gasteiger partial charge in [0.15, 0.2) is 0 Å². The minimum atomic E-state index is -0.393. The number of nitrogens with two attached hydrogens (primary N) is 1. The molecule has 1 aliphatic rings. The zero-order valence-electron chi connectivity index (χ0n) is 12.8. The van der Waals surface area contributed by atoms with Crippen molar-refractivity contribution in [2.75, 3.05) is 45.8 Å². The van der Waals surface area contributed by atoms with Crippen molar-refractivity contribution in [2.24, 2.45) is 11.7 Å². The third-order valence-electron chi connectivity index (χ3n) is 3.21. The highest BCUT2D eigenvalue weighted by atomic mass is 16.6. The number of rotatable bonds is 5. The van der Waals surface area contributed by atoms with Crippen LogP contribution in [0.4, 0.5) is 0 Å². The molecule has 0 amide bonds. The molecule has 0 aliphatic carbocycles. The van der Waals surface area contributed by atoms with E-state index in [0.717, 1.165) is 39.3 Å². The van der Waals surface area contributed by atoms with Gasteiger partial charge in [-0.3, -0.25) is 9.69 Å². The van der Waals surface area contributed by atoms with E-state index < -0.39 is 5.60 Å². The van der Waals surface area contributed by atoms with E-state index in [-0.39, 0.29) is 5.97 Å². The SMILES string of the molecule is CC(CN)CN1CCN(CC(=O)OC(C)(C)C)CC1. The molecule has 19 heavy (non-hydrogen) atoms. The molecule has 5 nitrogen and oxygen atoms in total. The normalized spacial score (nSPS) is 20.3. The third-order valence-corrected chi connectivity index (χ3v) is 3.21. The van der Waals surface area contributed by atoms with Gasteiger partial charge in [-0.25, -0.2) is 0 Å². The highest BCUT2D eigenvalue weighted by Crippen LogP contribution is 2.09. The van der Waals surface area contributed by atoms with E-state index in [1.165, 1.54) is 0 Å². The topological polar surface area (TPSA) is 58.8 Å². The maximum absolute atomic E-state index is 11.7. The maximum Gasteiger partial charge on any atom is 0.320 e. The Morgan fingerprint density at radius 2 is 1.74 bits per heavy atom. The second kappa shape index (κ2) is 7.22. The summed E-state index contributed by atoms with van der Waals surface area (Å²) in [7, 11) is 0. The van der Waals surface area contributed by atoms with Gasteiger partial charge in [0.2, 0.25) is 0 Å². The van der Waals surface area contributed by atoms with Gasteiger partial charge >= 0.3 is 5.97 Å². The first-order valence-electron chi connectivity index (χ1n) is 7.17. The van der Waals surface area contributed by atoms with Crippen molar-refractivity contribution in [2.45, 2.75) is 33.3 Å². The van der Waals surface area contributed by atoms with Gasteiger partial charge in [-0.1, -0.05) is 6.92 Å². The molecule has 1 heterocycles. The number of nitrogens with zero attached hydrogens (tertiary/aromatic N) is 2. The molecule has 0 aromatic heterocycles. The average Bonchev–Trinajstić information content (AvgIpc) is 2.29. The second-order valence-electron chi connectivity index (χ2n) is 6.50. The lowest BCUT2D eigenvalue weighted by Gasteiger charge is -2.35. The van der Waals surface area contributed by atoms with E-state index >= 15 is 0 Å². The van der Waals surface area contributed by atoms with Gasteiger partial charge in [0.25, 0.3) is 0 Å². The lowest BCUT2D eigenvalue weighted by Crippen LogP contribution is -2.49. The predicted molar refractivity (Wildman–Crippen MR) is 76.9 cm³/mol. The number of piperazine rings is 1. The molecule has 0 bridgehead atoms. The first-order valence-corrected chi connectivity index (χ1v) is 7.17. The standard InChI is InChI=1S/C14H29N3O2/c1-12(9-15)10-16-5-7-17(8-6-16)11-13(18)19-14(2,3)4/h12H,5-11,15H2,1-4H3. The van der Waals surface area contributed by atoms with Crippen LogP contribution >= 0.6 is 0 Å². The highest BCUT2D eigenvalue weighted by Gasteiger charge is 2.22. The van der Waals surface area contributed by atoms with Crippen molar-refractivity contribution in [3.8, 4) is 0 Å². The smallest absolute Gasteiger partial charge is 0.320 e. The first-order chi connectivity index (χ1) is 8.80. The van der Waals surface area contributed by atoms with Crippen LogP contribution in [0.1, 0.15) is 27.7 Å². The van der Waals surface area contributed by atoms with Crippen LogP contribution in [0.3, 0.4) is 0 Å². The van der Waals surface area contributed by atoms with Crippen molar-refractivity contribution in [1.82, 2.24) is 9.80 Å². The Labute approximate surface area is 117 Å². The maximum atomic E-state index is 11.7. The molecule has 1 aliphatic heterocycles. The lowest BCUT2D eigenvalue weighted by molar-refractivity contribution is -0.156. The third kappa shape index (κ3) is 6.89. The van der Waals surface area contributed by atoms with Crippen molar-refractivity contribution >= 4 is 5.97 Å². The van der Waals surface area contributed by atoms with Crippen LogP contribution in [0.15, 0.2) is 0 Å². The van der Waals surface area contributed by atoms with Gasteiger partial charge in [-0.2, -0.15) is 0 Å². The minimum absolute atomic E-state index is 0.128. The number of esters is 1. The molecule has 0 saturated carbocycles. The molecule has 5 heteroatoms. The van der Waals surface area contributed by atoms with Gasteiger partial charge in [0.1, 0.15) is 5.60 Å². The Morgan fingerprint density at radius 3 is 2.21 bits per heavy atom. The summed E-state index contributed by atoms with van der Waals surface area (Å²) in [5, 5.41) is 0. The van der Waals surface area contributed by atoms with Crippen LogP contribution in [0.2, 0.25) is 0 Å². The van der Waals surface area contributed by atoms with Gasteiger partial charge < -0.3 is 15.4 Å². The Kier molecular flexibility index (Phi) is 6.23. The van der Waals surface area contributed by atoms with Gasteiger partial charge in [0, 0.05) is 32.7 Å². The molecule has 112 valence electrons. The molecule has 0 aromatic carbocycles. The Balaban J connectivity index is 2.25. The Bertz CT molecular complexity index is 281. The summed E-state index contributed by atoms with van der Waals surface area (Å²) >= 11 is 0. The molecule has 1 atom stereocenters. The summed E-state index contributed by atoms with van der Waals surface area (Å²) < 4.78 is 5.34. The van der Waals surface area contributed by atoms with Gasteiger partial charge in [-0.15, -0.1) is 0 Å². The first kappa shape index (κ1) is 16.4. The fourth-order valence-corrected chi connectivity index (χ4v) is 2.20. The molecular formula is C14H29N3O2. The molecule has 1 unspecified atom stereocenters. The summed E-state index contributed by atoms with van der Waals surface area (Å²) in [4.78, 5) is 16.3. The Morgan fingerprint density at radius 1 is 1.21 bits per heavy atom. The van der Waals surface area contributed by atoms with E-state index in [9.17, 15) is 4.79 Å². The average molecular weight is 271 g/mol. The van der Waals surface area contributed by atoms with Crippen LogP contribution in [0.25, 0.3) is 0 Å². The zero-order valence-corrected chi connectivity index (χ0v) is 12.8. The Hall–Kier alpha value is -0.650. The van der Waals surface area contributed by atoms with Gasteiger partial charge in [0.05, 0.1) is 6.54 Å². The second-order valence-corrected chi connectivity index (χ2v) is 6.50. The van der Waals surface area contributed by atoms with Crippen LogP contribution < -0.4 is 5.73 Å². The summed E-state index contributed by atoms with van der Waals surface area (Å²) in [5.41, 5.74) is 5.25. The van der Waals surface area contributed by atoms with E-state index in [1.807, 2.05) is 20.8 Å². The van der Waals surface area contributed by atoms with E-state index in [0.29, 0.717) is 12.5 Å². The molecule has 2 N–H and O–H groups in total. The molecule has 0 spiro atoms. The molecule has 0 aromatic rings. The zero-order chi connectivity index (χ0) is 14.5. The molecule has 1 fully saturated rings. The van der Waals surface area contributed by atoms with Crippen molar-refractivity contribution < 1.29 is 9.53 Å². The van der Waals surface area contributed by atoms with Gasteiger partial charge in [-0.05, 0) is 33.2 Å². The summed E-state index contributed by atoms with van der Waals surface area (Å²) in [6.45, 7) is 13.9. The van der Waals surface area contributed by atoms with Crippen LogP contribution in [0, 0.1) is 5.92 Å². The molecule has 1 rings (SSSR count). The largest absolute Gasteiger partial charge is 0.459 e. The molecule has 1 saturated heterocycles. The number of ether oxygens (including phenoxy) is 1. The van der Waals surface area contributed by atoms with Crippen LogP contribution in [-0.2, 0) is 9.53 Å². The predicted octanol–water partition coefficient (Wildman–Crippen LogP) is 0.541. The lowest BCUT2D eigenvalue weighted by atomic mass is 10.1. The van der Waals surface area contributed by atoms with Crippen LogP contribution in [0.5, 0.6) is 0 Å². The van der Waals surface area contributed by atoms with E-state index in [2.05, 4.69) is 16.7 Å². The number of hydrogen-bond donors (Lipinski definition) is 1. The fourth-order valence-electron chi connectivity index (χ4n) is 2.20.